The molecular weight excluding hydrogens is 290 g/mol. The Morgan fingerprint density at radius 1 is 1.21 bits per heavy atom. The minimum Gasteiger partial charge on any atom is -0.484 e. The van der Waals surface area contributed by atoms with Gasteiger partial charge in [0.2, 0.25) is 0 Å². The predicted molar refractivity (Wildman–Crippen MR) is 74.5 cm³/mol. The summed E-state index contributed by atoms with van der Waals surface area (Å²) in [5, 5.41) is 3.37. The molecule has 0 amide bonds. The average molecular weight is 301 g/mol. The van der Waals surface area contributed by atoms with Gasteiger partial charge < -0.3 is 10.1 Å². The van der Waals surface area contributed by atoms with Crippen molar-refractivity contribution in [3.8, 4) is 5.75 Å². The van der Waals surface area contributed by atoms with Crippen LogP contribution in [0.5, 0.6) is 5.75 Å². The van der Waals surface area contributed by atoms with Crippen LogP contribution in [-0.4, -0.2) is 12.0 Å². The molecule has 6 heteroatoms. The molecule has 0 aliphatic rings. The molecule has 3 nitrogen and oxygen atoms in total. The van der Waals surface area contributed by atoms with Crippen LogP contribution in [0.1, 0.15) is 5.69 Å². The lowest BCUT2D eigenvalue weighted by atomic mass is 10.3. The topological polar surface area (TPSA) is 34.1 Å². The van der Waals surface area contributed by atoms with Gasteiger partial charge in [-0.15, -0.1) is 0 Å². The van der Waals surface area contributed by atoms with E-state index < -0.39 is 5.82 Å². The molecule has 0 saturated heterocycles. The standard InChI is InChI=1S/C13H11Cl2FN2O/c1-17-12-6-5-8(14)10(18-12)7-19-11-4-2-3-9(15)13(11)16/h2-6H,7H2,1H3,(H,17,18). The highest BCUT2D eigenvalue weighted by Gasteiger charge is 2.09. The molecule has 0 atom stereocenters. The molecule has 1 heterocycles. The fourth-order valence-corrected chi connectivity index (χ4v) is 1.79. The Morgan fingerprint density at radius 3 is 2.74 bits per heavy atom. The van der Waals surface area contributed by atoms with Crippen molar-refractivity contribution in [1.82, 2.24) is 4.98 Å². The minimum atomic E-state index is -0.593. The molecule has 1 N–H and O–H groups in total. The summed E-state index contributed by atoms with van der Waals surface area (Å²) in [5.41, 5.74) is 0.521. The van der Waals surface area contributed by atoms with Gasteiger partial charge in [-0.05, 0) is 24.3 Å². The molecule has 1 aromatic heterocycles. The Bertz CT molecular complexity index is 593. The van der Waals surface area contributed by atoms with E-state index in [2.05, 4.69) is 10.3 Å². The molecule has 0 aliphatic carbocycles. The van der Waals surface area contributed by atoms with E-state index in [1.165, 1.54) is 12.1 Å². The van der Waals surface area contributed by atoms with Gasteiger partial charge in [0.1, 0.15) is 12.4 Å². The van der Waals surface area contributed by atoms with Crippen LogP contribution >= 0.6 is 23.2 Å². The van der Waals surface area contributed by atoms with E-state index in [0.717, 1.165) is 0 Å². The summed E-state index contributed by atoms with van der Waals surface area (Å²) >= 11 is 11.7. The third-order valence-electron chi connectivity index (χ3n) is 2.46. The van der Waals surface area contributed by atoms with Crippen molar-refractivity contribution >= 4 is 29.0 Å². The van der Waals surface area contributed by atoms with Gasteiger partial charge in [-0.25, -0.2) is 9.37 Å². The molecule has 0 saturated carbocycles. The first-order valence-corrected chi connectivity index (χ1v) is 6.27. The fraction of sp³-hybridized carbons (Fsp3) is 0.154. The lowest BCUT2D eigenvalue weighted by molar-refractivity contribution is 0.286. The molecule has 0 radical (unpaired) electrons. The first kappa shape index (κ1) is 13.9. The Kier molecular flexibility index (Phi) is 4.45. The van der Waals surface area contributed by atoms with Crippen LogP contribution in [0, 0.1) is 5.82 Å². The van der Waals surface area contributed by atoms with Gasteiger partial charge in [-0.1, -0.05) is 29.3 Å². The largest absolute Gasteiger partial charge is 0.484 e. The van der Waals surface area contributed by atoms with Crippen LogP contribution in [0.2, 0.25) is 10.0 Å². The van der Waals surface area contributed by atoms with Crippen molar-refractivity contribution in [3.63, 3.8) is 0 Å². The number of ether oxygens (including phenoxy) is 1. The molecule has 0 fully saturated rings. The highest BCUT2D eigenvalue weighted by Crippen LogP contribution is 2.25. The summed E-state index contributed by atoms with van der Waals surface area (Å²) in [6, 6.07) is 8.01. The molecule has 100 valence electrons. The van der Waals surface area contributed by atoms with Crippen molar-refractivity contribution in [2.45, 2.75) is 6.61 Å². The first-order valence-electron chi connectivity index (χ1n) is 5.52. The van der Waals surface area contributed by atoms with Crippen molar-refractivity contribution < 1.29 is 9.13 Å². The van der Waals surface area contributed by atoms with Crippen molar-refractivity contribution in [1.29, 1.82) is 0 Å². The van der Waals surface area contributed by atoms with E-state index in [1.54, 1.807) is 25.2 Å². The number of rotatable bonds is 4. The van der Waals surface area contributed by atoms with Crippen LogP contribution in [-0.2, 0) is 6.61 Å². The van der Waals surface area contributed by atoms with Crippen molar-refractivity contribution in [2.24, 2.45) is 0 Å². The van der Waals surface area contributed by atoms with Gasteiger partial charge in [-0.3, -0.25) is 0 Å². The van der Waals surface area contributed by atoms with Gasteiger partial charge in [0.05, 0.1) is 15.7 Å². The highest BCUT2D eigenvalue weighted by molar-refractivity contribution is 6.31. The van der Waals surface area contributed by atoms with Crippen LogP contribution in [0.25, 0.3) is 0 Å². The zero-order valence-corrected chi connectivity index (χ0v) is 11.6. The molecule has 0 aliphatic heterocycles. The predicted octanol–water partition coefficient (Wildman–Crippen LogP) is 4.15. The molecule has 1 aromatic carbocycles. The summed E-state index contributed by atoms with van der Waals surface area (Å²) in [6.07, 6.45) is 0. The SMILES string of the molecule is CNc1ccc(Cl)c(COc2cccc(Cl)c2F)n1. The Morgan fingerprint density at radius 2 is 2.00 bits per heavy atom. The Hall–Kier alpha value is -1.52. The number of hydrogen-bond donors (Lipinski definition) is 1. The average Bonchev–Trinajstić information content (AvgIpc) is 2.42. The summed E-state index contributed by atoms with van der Waals surface area (Å²) < 4.78 is 19.0. The second-order valence-electron chi connectivity index (χ2n) is 3.72. The number of aromatic nitrogens is 1. The third-order valence-corrected chi connectivity index (χ3v) is 3.09. The highest BCUT2D eigenvalue weighted by atomic mass is 35.5. The van der Waals surface area contributed by atoms with Crippen LogP contribution in [0.3, 0.4) is 0 Å². The van der Waals surface area contributed by atoms with E-state index in [9.17, 15) is 4.39 Å². The summed E-state index contributed by atoms with van der Waals surface area (Å²) in [7, 11) is 1.75. The van der Waals surface area contributed by atoms with Gasteiger partial charge in [0.25, 0.3) is 0 Å². The van der Waals surface area contributed by atoms with Crippen LogP contribution < -0.4 is 10.1 Å². The van der Waals surface area contributed by atoms with E-state index in [-0.39, 0.29) is 17.4 Å². The molecular formula is C13H11Cl2FN2O. The summed E-state index contributed by atoms with van der Waals surface area (Å²) in [6.45, 7) is 0.0611. The molecule has 0 spiro atoms. The summed E-state index contributed by atoms with van der Waals surface area (Å²) in [5.74, 6) is 0.139. The van der Waals surface area contributed by atoms with Crippen molar-refractivity contribution in [3.05, 3.63) is 51.9 Å². The fourth-order valence-electron chi connectivity index (χ4n) is 1.47. The maximum absolute atomic E-state index is 13.6. The number of benzene rings is 1. The Balaban J connectivity index is 2.16. The lowest BCUT2D eigenvalue weighted by Crippen LogP contribution is -2.03. The maximum Gasteiger partial charge on any atom is 0.183 e. The third kappa shape index (κ3) is 3.28. The van der Waals surface area contributed by atoms with Gasteiger partial charge in [0.15, 0.2) is 11.6 Å². The normalized spacial score (nSPS) is 10.3. The smallest absolute Gasteiger partial charge is 0.183 e. The van der Waals surface area contributed by atoms with E-state index in [4.69, 9.17) is 27.9 Å². The molecule has 2 rings (SSSR count). The quantitative estimate of drug-likeness (QED) is 0.921. The number of nitrogens with zero attached hydrogens (tertiary/aromatic N) is 1. The molecule has 19 heavy (non-hydrogen) atoms. The minimum absolute atomic E-state index is 0.0144. The maximum atomic E-state index is 13.6. The lowest BCUT2D eigenvalue weighted by Gasteiger charge is -2.09. The second-order valence-corrected chi connectivity index (χ2v) is 4.53. The zero-order valence-electron chi connectivity index (χ0n) is 10.1. The number of halogens is 3. The van der Waals surface area contributed by atoms with E-state index in [1.807, 2.05) is 0 Å². The van der Waals surface area contributed by atoms with Crippen LogP contribution in [0.15, 0.2) is 30.3 Å². The van der Waals surface area contributed by atoms with Gasteiger partial charge >= 0.3 is 0 Å². The van der Waals surface area contributed by atoms with Crippen molar-refractivity contribution in [2.75, 3.05) is 12.4 Å². The number of anilines is 1. The molecule has 0 unspecified atom stereocenters. The van der Waals surface area contributed by atoms with Crippen LogP contribution in [0.4, 0.5) is 10.2 Å². The monoisotopic (exact) mass is 300 g/mol. The molecule has 0 bridgehead atoms. The first-order chi connectivity index (χ1) is 9.11. The number of nitrogens with one attached hydrogen (secondary N) is 1. The van der Waals surface area contributed by atoms with E-state index >= 15 is 0 Å². The van der Waals surface area contributed by atoms with Gasteiger partial charge in [-0.2, -0.15) is 0 Å². The van der Waals surface area contributed by atoms with E-state index in [0.29, 0.717) is 16.5 Å². The number of pyridine rings is 1. The number of hydrogen-bond acceptors (Lipinski definition) is 3. The second kappa shape index (κ2) is 6.08. The summed E-state index contributed by atoms with van der Waals surface area (Å²) in [4.78, 5) is 4.23. The molecule has 2 aromatic rings. The zero-order chi connectivity index (χ0) is 13.8. The Labute approximate surface area is 120 Å². The van der Waals surface area contributed by atoms with Gasteiger partial charge in [0, 0.05) is 7.05 Å².